The molecule has 0 bridgehead atoms. The molecule has 3 rings (SSSR count). The molecular formula is C17H23N3O4. The molecule has 2 aliphatic heterocycles. The van der Waals surface area contributed by atoms with E-state index in [-0.39, 0.29) is 24.3 Å². The Morgan fingerprint density at radius 3 is 2.92 bits per heavy atom. The average Bonchev–Trinajstić information content (AvgIpc) is 3.12. The molecule has 0 saturated carbocycles. The zero-order valence-electron chi connectivity index (χ0n) is 14.0. The monoisotopic (exact) mass is 333 g/mol. The molecule has 0 unspecified atom stereocenters. The van der Waals surface area contributed by atoms with Gasteiger partial charge in [0.1, 0.15) is 11.9 Å². The van der Waals surface area contributed by atoms with Gasteiger partial charge in [-0.05, 0) is 12.5 Å². The molecule has 0 spiro atoms. The lowest BCUT2D eigenvalue weighted by atomic mass is 10.1. The molecule has 2 aliphatic rings. The second kappa shape index (κ2) is 6.98. The molecule has 1 aromatic carbocycles. The highest BCUT2D eigenvalue weighted by atomic mass is 16.6. The number of carbonyl (C=O) groups excluding carboxylic acids is 2. The van der Waals surface area contributed by atoms with E-state index in [1.54, 1.807) is 16.9 Å². The van der Waals surface area contributed by atoms with Gasteiger partial charge in [-0.15, -0.1) is 0 Å². The average molecular weight is 333 g/mol. The third-order valence-corrected chi connectivity index (χ3v) is 4.47. The molecule has 7 heteroatoms. The lowest BCUT2D eigenvalue weighted by Crippen LogP contribution is -2.42. The first-order valence-corrected chi connectivity index (χ1v) is 8.26. The van der Waals surface area contributed by atoms with Crippen molar-refractivity contribution in [2.75, 3.05) is 26.7 Å². The molecule has 1 N–H and O–H groups in total. The lowest BCUT2D eigenvalue weighted by molar-refractivity contribution is 0.122. The number of fused-ring (bicyclic) bond motifs is 1. The lowest BCUT2D eigenvalue weighted by Gasteiger charge is -2.23. The summed E-state index contributed by atoms with van der Waals surface area (Å²) < 4.78 is 10.8. The fourth-order valence-corrected chi connectivity index (χ4v) is 3.21. The number of amides is 3. The van der Waals surface area contributed by atoms with Gasteiger partial charge in [0.05, 0.1) is 26.2 Å². The van der Waals surface area contributed by atoms with Gasteiger partial charge in [-0.3, -0.25) is 4.90 Å². The Morgan fingerprint density at radius 1 is 1.38 bits per heavy atom. The standard InChI is InChI=1S/C17H23N3O4/c1-3-8-18-16(21)19-10-13-15(11-19)24-17(22)20(13)9-12-6-4-5-7-14(12)23-2/h4-7,13,15H,3,8-11H2,1-2H3,(H,18,21)/t13-,15+/m1/s1. The van der Waals surface area contributed by atoms with Crippen LogP contribution in [0.1, 0.15) is 18.9 Å². The predicted octanol–water partition coefficient (Wildman–Crippen LogP) is 1.82. The predicted molar refractivity (Wildman–Crippen MR) is 87.9 cm³/mol. The van der Waals surface area contributed by atoms with Crippen LogP contribution in [0, 0.1) is 0 Å². The van der Waals surface area contributed by atoms with Crippen molar-refractivity contribution >= 4 is 12.1 Å². The van der Waals surface area contributed by atoms with E-state index in [1.165, 1.54) is 0 Å². The molecule has 130 valence electrons. The topological polar surface area (TPSA) is 71.1 Å². The number of carbonyl (C=O) groups is 2. The molecule has 1 aromatic rings. The van der Waals surface area contributed by atoms with Crippen molar-refractivity contribution in [2.45, 2.75) is 32.0 Å². The quantitative estimate of drug-likeness (QED) is 0.892. The number of hydrogen-bond donors (Lipinski definition) is 1. The van der Waals surface area contributed by atoms with Crippen LogP contribution in [-0.2, 0) is 11.3 Å². The highest BCUT2D eigenvalue weighted by Crippen LogP contribution is 2.30. The Labute approximate surface area is 141 Å². The number of para-hydroxylation sites is 1. The van der Waals surface area contributed by atoms with Crippen molar-refractivity contribution in [1.82, 2.24) is 15.1 Å². The highest BCUT2D eigenvalue weighted by Gasteiger charge is 2.48. The van der Waals surface area contributed by atoms with Crippen molar-refractivity contribution in [3.63, 3.8) is 0 Å². The Morgan fingerprint density at radius 2 is 2.17 bits per heavy atom. The molecule has 0 aromatic heterocycles. The third-order valence-electron chi connectivity index (χ3n) is 4.47. The first-order valence-electron chi connectivity index (χ1n) is 8.26. The molecular weight excluding hydrogens is 310 g/mol. The highest BCUT2D eigenvalue weighted by molar-refractivity contribution is 5.76. The summed E-state index contributed by atoms with van der Waals surface area (Å²) in [6, 6.07) is 7.39. The van der Waals surface area contributed by atoms with Gasteiger partial charge in [0, 0.05) is 18.7 Å². The van der Waals surface area contributed by atoms with E-state index < -0.39 is 0 Å². The summed E-state index contributed by atoms with van der Waals surface area (Å²) in [4.78, 5) is 27.7. The minimum absolute atomic E-state index is 0.0976. The summed E-state index contributed by atoms with van der Waals surface area (Å²) in [7, 11) is 1.61. The van der Waals surface area contributed by atoms with Crippen LogP contribution in [0.4, 0.5) is 9.59 Å². The number of benzene rings is 1. The fourth-order valence-electron chi connectivity index (χ4n) is 3.21. The Hall–Kier alpha value is -2.44. The van der Waals surface area contributed by atoms with E-state index >= 15 is 0 Å². The third kappa shape index (κ3) is 3.11. The van der Waals surface area contributed by atoms with Crippen LogP contribution in [0.3, 0.4) is 0 Å². The van der Waals surface area contributed by atoms with Gasteiger partial charge < -0.3 is 19.7 Å². The van der Waals surface area contributed by atoms with E-state index in [2.05, 4.69) is 5.32 Å². The second-order valence-corrected chi connectivity index (χ2v) is 6.07. The van der Waals surface area contributed by atoms with Crippen LogP contribution in [0.15, 0.2) is 24.3 Å². The second-order valence-electron chi connectivity index (χ2n) is 6.07. The van der Waals surface area contributed by atoms with E-state index in [0.29, 0.717) is 26.2 Å². The molecule has 7 nitrogen and oxygen atoms in total. The van der Waals surface area contributed by atoms with Gasteiger partial charge >= 0.3 is 12.1 Å². The number of nitrogens with one attached hydrogen (secondary N) is 1. The molecule has 2 saturated heterocycles. The summed E-state index contributed by atoms with van der Waals surface area (Å²) in [5.74, 6) is 0.740. The van der Waals surface area contributed by atoms with Crippen LogP contribution < -0.4 is 10.1 Å². The minimum atomic E-state index is -0.329. The maximum atomic E-state index is 12.2. The van der Waals surface area contributed by atoms with Gasteiger partial charge in [0.15, 0.2) is 0 Å². The summed E-state index contributed by atoms with van der Waals surface area (Å²) >= 11 is 0. The number of hydrogen-bond acceptors (Lipinski definition) is 4. The Bertz CT molecular complexity index is 622. The number of ether oxygens (including phenoxy) is 2. The fraction of sp³-hybridized carbons (Fsp3) is 0.529. The number of nitrogens with zero attached hydrogens (tertiary/aromatic N) is 2. The Balaban J connectivity index is 1.69. The van der Waals surface area contributed by atoms with Crippen LogP contribution in [-0.4, -0.2) is 60.8 Å². The van der Waals surface area contributed by atoms with E-state index in [0.717, 1.165) is 17.7 Å². The van der Waals surface area contributed by atoms with Gasteiger partial charge in [-0.2, -0.15) is 0 Å². The van der Waals surface area contributed by atoms with Crippen LogP contribution in [0.2, 0.25) is 0 Å². The molecule has 2 atom stereocenters. The van der Waals surface area contributed by atoms with Crippen LogP contribution >= 0.6 is 0 Å². The Kier molecular flexibility index (Phi) is 4.78. The van der Waals surface area contributed by atoms with Crippen molar-refractivity contribution < 1.29 is 19.1 Å². The van der Waals surface area contributed by atoms with Crippen molar-refractivity contribution in [2.24, 2.45) is 0 Å². The first kappa shape index (κ1) is 16.4. The molecule has 0 radical (unpaired) electrons. The number of likely N-dealkylation sites (tertiary alicyclic amines) is 1. The van der Waals surface area contributed by atoms with Crippen LogP contribution in [0.25, 0.3) is 0 Å². The van der Waals surface area contributed by atoms with Gasteiger partial charge in [0.25, 0.3) is 0 Å². The van der Waals surface area contributed by atoms with E-state index in [1.807, 2.05) is 31.2 Å². The van der Waals surface area contributed by atoms with E-state index in [4.69, 9.17) is 9.47 Å². The van der Waals surface area contributed by atoms with Crippen molar-refractivity contribution in [3.8, 4) is 5.75 Å². The molecule has 2 fully saturated rings. The number of methoxy groups -OCH3 is 1. The minimum Gasteiger partial charge on any atom is -0.496 e. The maximum absolute atomic E-state index is 12.2. The summed E-state index contributed by atoms with van der Waals surface area (Å²) in [5.41, 5.74) is 0.923. The SMILES string of the molecule is CCCNC(=O)N1C[C@@H]2OC(=O)N(Cc3ccccc3OC)[C@@H]2C1. The van der Waals surface area contributed by atoms with Crippen molar-refractivity contribution in [3.05, 3.63) is 29.8 Å². The maximum Gasteiger partial charge on any atom is 0.410 e. The summed E-state index contributed by atoms with van der Waals surface area (Å²) in [5, 5.41) is 2.87. The van der Waals surface area contributed by atoms with Crippen LogP contribution in [0.5, 0.6) is 5.75 Å². The normalized spacial score (nSPS) is 22.3. The van der Waals surface area contributed by atoms with E-state index in [9.17, 15) is 9.59 Å². The number of urea groups is 1. The summed E-state index contributed by atoms with van der Waals surface area (Å²) in [6.07, 6.45) is 0.297. The van der Waals surface area contributed by atoms with Gasteiger partial charge in [0.2, 0.25) is 0 Å². The van der Waals surface area contributed by atoms with Gasteiger partial charge in [-0.25, -0.2) is 9.59 Å². The number of rotatable bonds is 5. The summed E-state index contributed by atoms with van der Waals surface area (Å²) in [6.45, 7) is 4.00. The van der Waals surface area contributed by atoms with Gasteiger partial charge in [-0.1, -0.05) is 25.1 Å². The molecule has 0 aliphatic carbocycles. The smallest absolute Gasteiger partial charge is 0.410 e. The molecule has 2 heterocycles. The zero-order chi connectivity index (χ0) is 17.1. The molecule has 3 amide bonds. The van der Waals surface area contributed by atoms with Crippen molar-refractivity contribution in [1.29, 1.82) is 0 Å². The molecule has 24 heavy (non-hydrogen) atoms. The zero-order valence-corrected chi connectivity index (χ0v) is 14.0. The first-order chi connectivity index (χ1) is 11.6. The largest absolute Gasteiger partial charge is 0.496 e.